The summed E-state index contributed by atoms with van der Waals surface area (Å²) in [4.78, 5) is 17.0. The van der Waals surface area contributed by atoms with E-state index >= 15 is 0 Å². The molecule has 0 unspecified atom stereocenters. The van der Waals surface area contributed by atoms with Gasteiger partial charge in [0.25, 0.3) is 0 Å². The lowest BCUT2D eigenvalue weighted by Gasteiger charge is -2.32. The summed E-state index contributed by atoms with van der Waals surface area (Å²) in [6.07, 6.45) is 5.34. The fourth-order valence-electron chi connectivity index (χ4n) is 3.05. The van der Waals surface area contributed by atoms with Crippen molar-refractivity contribution in [3.8, 4) is 0 Å². The first-order valence-electron chi connectivity index (χ1n) is 8.62. The van der Waals surface area contributed by atoms with Gasteiger partial charge < -0.3 is 4.90 Å². The summed E-state index contributed by atoms with van der Waals surface area (Å²) in [6, 6.07) is 14.9. The topological polar surface area (TPSA) is 20.3 Å². The third-order valence-electron chi connectivity index (χ3n) is 4.24. The number of thioether (sulfide) groups is 2. The minimum Gasteiger partial charge on any atom is -0.340 e. The van der Waals surface area contributed by atoms with E-state index in [1.807, 2.05) is 6.08 Å². The lowest BCUT2D eigenvalue weighted by Crippen LogP contribution is -2.19. The third-order valence-corrected chi connectivity index (χ3v) is 7.94. The lowest BCUT2D eigenvalue weighted by molar-refractivity contribution is -0.110. The van der Waals surface area contributed by atoms with Crippen LogP contribution in [0.2, 0.25) is 0 Å². The molecule has 2 nitrogen and oxygen atoms in total. The van der Waals surface area contributed by atoms with Crippen LogP contribution in [-0.4, -0.2) is 23.8 Å². The number of allylic oxidation sites excluding steroid dienone is 2. The van der Waals surface area contributed by atoms with Gasteiger partial charge in [-0.05, 0) is 42.8 Å². The average molecular weight is 398 g/mol. The van der Waals surface area contributed by atoms with Crippen molar-refractivity contribution in [3.05, 3.63) is 64.4 Å². The van der Waals surface area contributed by atoms with Gasteiger partial charge in [0.2, 0.25) is 0 Å². The number of carbonyl (C=O) groups is 1. The Morgan fingerprint density at radius 1 is 1.08 bits per heavy atom. The second kappa shape index (κ2) is 7.99. The van der Waals surface area contributed by atoms with Crippen LogP contribution in [0.25, 0.3) is 6.08 Å². The summed E-state index contributed by atoms with van der Waals surface area (Å²) in [7, 11) is 0. The van der Waals surface area contributed by atoms with Gasteiger partial charge in [0.1, 0.15) is 0 Å². The van der Waals surface area contributed by atoms with Gasteiger partial charge in [-0.15, -0.1) is 23.5 Å². The zero-order chi connectivity index (χ0) is 17.9. The van der Waals surface area contributed by atoms with Crippen LogP contribution in [0.4, 0.5) is 11.4 Å². The fourth-order valence-corrected chi connectivity index (χ4v) is 6.49. The molecular weight excluding hydrogens is 378 g/mol. The van der Waals surface area contributed by atoms with Crippen LogP contribution in [0.3, 0.4) is 0 Å². The average Bonchev–Trinajstić information content (AvgIpc) is 3.17. The van der Waals surface area contributed by atoms with E-state index in [1.165, 1.54) is 21.2 Å². The normalized spacial score (nSPS) is 15.9. The Kier molecular flexibility index (Phi) is 5.48. The van der Waals surface area contributed by atoms with Crippen LogP contribution < -0.4 is 4.90 Å². The van der Waals surface area contributed by atoms with Gasteiger partial charge in [-0.3, -0.25) is 4.79 Å². The monoisotopic (exact) mass is 397 g/mol. The second-order valence-electron chi connectivity index (χ2n) is 5.94. The molecule has 0 atom stereocenters. The van der Waals surface area contributed by atoms with E-state index in [1.54, 1.807) is 47.4 Å². The number of nitrogens with zero attached hydrogens (tertiary/aromatic N) is 1. The highest BCUT2D eigenvalue weighted by atomic mass is 32.2. The Hall–Kier alpha value is -1.56. The Balaban J connectivity index is 1.57. The highest BCUT2D eigenvalue weighted by Crippen LogP contribution is 2.48. The van der Waals surface area contributed by atoms with Gasteiger partial charge in [-0.2, -0.15) is 0 Å². The smallest absolute Gasteiger partial charge is 0.180 e. The summed E-state index contributed by atoms with van der Waals surface area (Å²) < 4.78 is 1.14. The standard InChI is InChI=1S/C21H19NOS3/c1-2-22-17-5-3-4-6-19(17)26-20-13-15(8-10-18(20)22)7-9-16(23)14-21-24-11-12-25-21/h3-10,13-14H,2,11-12H2,1H3/b9-7+. The van der Waals surface area contributed by atoms with E-state index in [4.69, 9.17) is 0 Å². The number of benzene rings is 2. The number of anilines is 2. The molecule has 2 aromatic rings. The molecule has 1 fully saturated rings. The first kappa shape index (κ1) is 17.8. The van der Waals surface area contributed by atoms with Crippen molar-refractivity contribution in [3.63, 3.8) is 0 Å². The molecule has 132 valence electrons. The van der Waals surface area contributed by atoms with Crippen LogP contribution in [0.1, 0.15) is 12.5 Å². The Morgan fingerprint density at radius 3 is 2.65 bits per heavy atom. The van der Waals surface area contributed by atoms with Crippen molar-refractivity contribution in [2.24, 2.45) is 0 Å². The minimum atomic E-state index is 0.0628. The number of hydrogen-bond acceptors (Lipinski definition) is 5. The molecule has 2 heterocycles. The van der Waals surface area contributed by atoms with Crippen molar-refractivity contribution in [1.29, 1.82) is 0 Å². The van der Waals surface area contributed by atoms with E-state index in [0.717, 1.165) is 27.9 Å². The number of ketones is 1. The predicted octanol–water partition coefficient (Wildman–Crippen LogP) is 6.21. The van der Waals surface area contributed by atoms with Crippen LogP contribution in [0.5, 0.6) is 0 Å². The maximum atomic E-state index is 12.1. The van der Waals surface area contributed by atoms with Crippen molar-refractivity contribution < 1.29 is 4.79 Å². The predicted molar refractivity (Wildman–Crippen MR) is 117 cm³/mol. The van der Waals surface area contributed by atoms with Gasteiger partial charge in [-0.1, -0.05) is 36.0 Å². The van der Waals surface area contributed by atoms with Crippen LogP contribution in [-0.2, 0) is 4.79 Å². The van der Waals surface area contributed by atoms with Gasteiger partial charge in [-0.25, -0.2) is 0 Å². The maximum absolute atomic E-state index is 12.1. The summed E-state index contributed by atoms with van der Waals surface area (Å²) in [6.45, 7) is 3.11. The van der Waals surface area contributed by atoms with Crippen LogP contribution in [0, 0.1) is 0 Å². The second-order valence-corrected chi connectivity index (χ2v) is 9.55. The van der Waals surface area contributed by atoms with Gasteiger partial charge in [0, 0.05) is 38.2 Å². The molecule has 0 N–H and O–H groups in total. The molecule has 2 aliphatic heterocycles. The molecule has 26 heavy (non-hydrogen) atoms. The number of hydrogen-bond donors (Lipinski definition) is 0. The van der Waals surface area contributed by atoms with E-state index in [-0.39, 0.29) is 5.78 Å². The number of rotatable bonds is 4. The van der Waals surface area contributed by atoms with Gasteiger partial charge >= 0.3 is 0 Å². The van der Waals surface area contributed by atoms with Gasteiger partial charge in [0.15, 0.2) is 5.78 Å². The zero-order valence-electron chi connectivity index (χ0n) is 14.5. The molecule has 0 spiro atoms. The SMILES string of the molecule is CCN1c2ccccc2Sc2cc(/C=C/C(=O)C=C3SCCS3)ccc21. The summed E-state index contributed by atoms with van der Waals surface area (Å²) in [5.74, 6) is 2.27. The molecule has 0 bridgehead atoms. The zero-order valence-corrected chi connectivity index (χ0v) is 16.9. The number of carbonyl (C=O) groups excluding carboxylic acids is 1. The van der Waals surface area contributed by atoms with Crippen molar-refractivity contribution in [2.45, 2.75) is 16.7 Å². The molecule has 2 aliphatic rings. The van der Waals surface area contributed by atoms with E-state index < -0.39 is 0 Å². The quantitative estimate of drug-likeness (QED) is 0.570. The highest BCUT2D eigenvalue weighted by Gasteiger charge is 2.21. The van der Waals surface area contributed by atoms with Crippen molar-refractivity contribution in [1.82, 2.24) is 0 Å². The maximum Gasteiger partial charge on any atom is 0.180 e. The molecule has 0 aromatic heterocycles. The molecule has 0 saturated carbocycles. The summed E-state index contributed by atoms with van der Waals surface area (Å²) >= 11 is 5.33. The van der Waals surface area contributed by atoms with Crippen LogP contribution in [0.15, 0.2) is 68.6 Å². The first-order chi connectivity index (χ1) is 12.7. The summed E-state index contributed by atoms with van der Waals surface area (Å²) in [5, 5.41) is 0. The molecule has 1 saturated heterocycles. The number of para-hydroxylation sites is 1. The molecule has 4 rings (SSSR count). The molecule has 0 amide bonds. The van der Waals surface area contributed by atoms with Crippen molar-refractivity contribution >= 4 is 58.5 Å². The molecule has 5 heteroatoms. The first-order valence-corrected chi connectivity index (χ1v) is 11.4. The largest absolute Gasteiger partial charge is 0.340 e. The molecule has 0 aliphatic carbocycles. The van der Waals surface area contributed by atoms with Crippen molar-refractivity contribution in [2.75, 3.05) is 23.0 Å². The van der Waals surface area contributed by atoms with Crippen LogP contribution >= 0.6 is 35.3 Å². The summed E-state index contributed by atoms with van der Waals surface area (Å²) in [5.41, 5.74) is 3.56. The Labute approximate surface area is 167 Å². The third kappa shape index (κ3) is 3.75. The lowest BCUT2D eigenvalue weighted by atomic mass is 10.1. The van der Waals surface area contributed by atoms with Gasteiger partial charge in [0.05, 0.1) is 11.4 Å². The fraction of sp³-hybridized carbons (Fsp3) is 0.190. The molecular formula is C21H19NOS3. The molecule has 0 radical (unpaired) electrons. The highest BCUT2D eigenvalue weighted by molar-refractivity contribution is 8.25. The minimum absolute atomic E-state index is 0.0628. The van der Waals surface area contributed by atoms with E-state index in [2.05, 4.69) is 54.3 Å². The van der Waals surface area contributed by atoms with E-state index in [9.17, 15) is 4.79 Å². The van der Waals surface area contributed by atoms with E-state index in [0.29, 0.717) is 0 Å². The number of fused-ring (bicyclic) bond motifs is 2. The Morgan fingerprint density at radius 2 is 1.85 bits per heavy atom. The Bertz CT molecular complexity index is 896. The molecule has 2 aromatic carbocycles.